The molecule has 3 N–H and O–H groups in total. The van der Waals surface area contributed by atoms with Gasteiger partial charge in [0.05, 0.1) is 6.10 Å². The smallest absolute Gasteiger partial charge is 0.0928 e. The summed E-state index contributed by atoms with van der Waals surface area (Å²) in [4.78, 5) is 0. The highest BCUT2D eigenvalue weighted by molar-refractivity contribution is 6.31. The van der Waals surface area contributed by atoms with Gasteiger partial charge in [-0.15, -0.1) is 0 Å². The standard InChI is InChI=1S/C15H24ClNO2/c1-15(2,3)14(8-9-18)17-10-13(19)11-6-4-5-7-12(11)16/h4-7,13-14,17-19H,8-10H2,1-3H3. The summed E-state index contributed by atoms with van der Waals surface area (Å²) < 4.78 is 0. The Morgan fingerprint density at radius 1 is 1.26 bits per heavy atom. The van der Waals surface area contributed by atoms with Crippen molar-refractivity contribution < 1.29 is 10.2 Å². The second-order valence-electron chi connectivity index (χ2n) is 5.88. The predicted molar refractivity (Wildman–Crippen MR) is 79.4 cm³/mol. The molecule has 4 heteroatoms. The first kappa shape index (κ1) is 16.4. The summed E-state index contributed by atoms with van der Waals surface area (Å²) in [6.45, 7) is 6.90. The van der Waals surface area contributed by atoms with Crippen LogP contribution in [0.2, 0.25) is 5.02 Å². The van der Waals surface area contributed by atoms with E-state index in [1.807, 2.05) is 18.2 Å². The van der Waals surface area contributed by atoms with E-state index in [0.29, 0.717) is 18.0 Å². The fourth-order valence-electron chi connectivity index (χ4n) is 2.08. The Hall–Kier alpha value is -0.610. The van der Waals surface area contributed by atoms with Crippen molar-refractivity contribution in [3.05, 3.63) is 34.9 Å². The average Bonchev–Trinajstić information content (AvgIpc) is 2.33. The minimum Gasteiger partial charge on any atom is -0.396 e. The van der Waals surface area contributed by atoms with Crippen molar-refractivity contribution in [2.45, 2.75) is 39.3 Å². The van der Waals surface area contributed by atoms with E-state index < -0.39 is 6.10 Å². The molecule has 108 valence electrons. The third-order valence-electron chi connectivity index (χ3n) is 3.28. The summed E-state index contributed by atoms with van der Waals surface area (Å²) in [5.74, 6) is 0. The fourth-order valence-corrected chi connectivity index (χ4v) is 2.34. The third kappa shape index (κ3) is 5.11. The zero-order valence-electron chi connectivity index (χ0n) is 11.9. The summed E-state index contributed by atoms with van der Waals surface area (Å²) >= 11 is 6.06. The normalized spacial score (nSPS) is 15.3. The summed E-state index contributed by atoms with van der Waals surface area (Å²) in [6.07, 6.45) is 0.0240. The van der Waals surface area contributed by atoms with Crippen LogP contribution in [0.3, 0.4) is 0 Å². The van der Waals surface area contributed by atoms with Gasteiger partial charge in [-0.2, -0.15) is 0 Å². The van der Waals surface area contributed by atoms with E-state index in [-0.39, 0.29) is 18.1 Å². The largest absolute Gasteiger partial charge is 0.396 e. The number of aliphatic hydroxyl groups excluding tert-OH is 2. The maximum absolute atomic E-state index is 10.2. The van der Waals surface area contributed by atoms with Gasteiger partial charge in [0.25, 0.3) is 0 Å². The lowest BCUT2D eigenvalue weighted by Gasteiger charge is -2.32. The predicted octanol–water partition coefficient (Wildman–Crippen LogP) is 2.76. The van der Waals surface area contributed by atoms with Gasteiger partial charge in [0.2, 0.25) is 0 Å². The highest BCUT2D eigenvalue weighted by Crippen LogP contribution is 2.24. The highest BCUT2D eigenvalue weighted by atomic mass is 35.5. The van der Waals surface area contributed by atoms with Crippen molar-refractivity contribution in [1.29, 1.82) is 0 Å². The Bertz CT molecular complexity index is 390. The number of halogens is 1. The number of rotatable bonds is 6. The van der Waals surface area contributed by atoms with Crippen LogP contribution < -0.4 is 5.32 Å². The van der Waals surface area contributed by atoms with Crippen LogP contribution in [0, 0.1) is 5.41 Å². The monoisotopic (exact) mass is 285 g/mol. The molecule has 0 radical (unpaired) electrons. The van der Waals surface area contributed by atoms with Gasteiger partial charge >= 0.3 is 0 Å². The molecule has 3 nitrogen and oxygen atoms in total. The van der Waals surface area contributed by atoms with Crippen molar-refractivity contribution in [1.82, 2.24) is 5.32 Å². The maximum atomic E-state index is 10.2. The Morgan fingerprint density at radius 2 is 1.89 bits per heavy atom. The maximum Gasteiger partial charge on any atom is 0.0928 e. The molecule has 0 aliphatic heterocycles. The van der Waals surface area contributed by atoms with Gasteiger partial charge in [0.15, 0.2) is 0 Å². The molecule has 1 aromatic rings. The van der Waals surface area contributed by atoms with Crippen molar-refractivity contribution in [2.75, 3.05) is 13.2 Å². The molecule has 2 unspecified atom stereocenters. The number of nitrogens with one attached hydrogen (secondary N) is 1. The van der Waals surface area contributed by atoms with Gasteiger partial charge in [0.1, 0.15) is 0 Å². The van der Waals surface area contributed by atoms with Gasteiger partial charge in [-0.25, -0.2) is 0 Å². The van der Waals surface area contributed by atoms with E-state index in [1.54, 1.807) is 6.07 Å². The molecule has 0 heterocycles. The van der Waals surface area contributed by atoms with Crippen LogP contribution in [0.5, 0.6) is 0 Å². The summed E-state index contributed by atoms with van der Waals surface area (Å²) in [5, 5.41) is 23.2. The first-order valence-corrected chi connectivity index (χ1v) is 7.00. The molecule has 0 bridgehead atoms. The summed E-state index contributed by atoms with van der Waals surface area (Å²) in [5.41, 5.74) is 0.761. The van der Waals surface area contributed by atoms with Crippen LogP contribution in [-0.4, -0.2) is 29.4 Å². The van der Waals surface area contributed by atoms with Gasteiger partial charge < -0.3 is 15.5 Å². The minimum atomic E-state index is -0.641. The Morgan fingerprint density at radius 3 is 2.42 bits per heavy atom. The second-order valence-corrected chi connectivity index (χ2v) is 6.28. The van der Waals surface area contributed by atoms with E-state index in [2.05, 4.69) is 26.1 Å². The first-order chi connectivity index (χ1) is 8.86. The molecule has 0 fully saturated rings. The quantitative estimate of drug-likeness (QED) is 0.753. The molecule has 0 aliphatic rings. The number of hydrogen-bond acceptors (Lipinski definition) is 3. The Labute approximate surface area is 120 Å². The number of benzene rings is 1. The zero-order chi connectivity index (χ0) is 14.5. The molecule has 19 heavy (non-hydrogen) atoms. The van der Waals surface area contributed by atoms with Crippen LogP contribution in [0.1, 0.15) is 38.9 Å². The summed E-state index contributed by atoms with van der Waals surface area (Å²) in [7, 11) is 0. The van der Waals surface area contributed by atoms with Crippen LogP contribution in [0.25, 0.3) is 0 Å². The fraction of sp³-hybridized carbons (Fsp3) is 0.600. The van der Waals surface area contributed by atoms with Crippen LogP contribution in [-0.2, 0) is 0 Å². The molecular formula is C15H24ClNO2. The Kier molecular flexibility index (Phi) is 6.27. The molecule has 0 saturated heterocycles. The third-order valence-corrected chi connectivity index (χ3v) is 3.63. The van der Waals surface area contributed by atoms with Crippen LogP contribution >= 0.6 is 11.6 Å². The second kappa shape index (κ2) is 7.25. The van der Waals surface area contributed by atoms with Gasteiger partial charge in [-0.1, -0.05) is 50.6 Å². The first-order valence-electron chi connectivity index (χ1n) is 6.63. The average molecular weight is 286 g/mol. The van der Waals surface area contributed by atoms with Gasteiger partial charge in [-0.05, 0) is 17.9 Å². The minimum absolute atomic E-state index is 0.0307. The molecule has 0 aliphatic carbocycles. The molecule has 0 amide bonds. The van der Waals surface area contributed by atoms with Crippen molar-refractivity contribution in [2.24, 2.45) is 5.41 Å². The molecule has 0 spiro atoms. The number of aliphatic hydroxyl groups is 2. The SMILES string of the molecule is CC(C)(C)C(CCO)NCC(O)c1ccccc1Cl. The molecule has 0 saturated carbocycles. The topological polar surface area (TPSA) is 52.5 Å². The van der Waals surface area contributed by atoms with E-state index in [9.17, 15) is 5.11 Å². The lowest BCUT2D eigenvalue weighted by molar-refractivity contribution is 0.142. The van der Waals surface area contributed by atoms with Gasteiger partial charge in [-0.3, -0.25) is 0 Å². The van der Waals surface area contributed by atoms with E-state index in [1.165, 1.54) is 0 Å². The number of hydrogen-bond donors (Lipinski definition) is 3. The molecular weight excluding hydrogens is 262 g/mol. The van der Waals surface area contributed by atoms with E-state index in [4.69, 9.17) is 16.7 Å². The zero-order valence-corrected chi connectivity index (χ0v) is 12.6. The molecule has 1 aromatic carbocycles. The molecule has 2 atom stereocenters. The Balaban J connectivity index is 2.62. The van der Waals surface area contributed by atoms with Crippen molar-refractivity contribution in [3.63, 3.8) is 0 Å². The van der Waals surface area contributed by atoms with Gasteiger partial charge in [0, 0.05) is 29.8 Å². The lowest BCUT2D eigenvalue weighted by atomic mass is 9.85. The van der Waals surface area contributed by atoms with Crippen molar-refractivity contribution >= 4 is 11.6 Å². The lowest BCUT2D eigenvalue weighted by Crippen LogP contribution is -2.42. The van der Waals surface area contributed by atoms with Crippen LogP contribution in [0.15, 0.2) is 24.3 Å². The summed E-state index contributed by atoms with van der Waals surface area (Å²) in [6, 6.07) is 7.45. The molecule has 1 rings (SSSR count). The van der Waals surface area contributed by atoms with Crippen LogP contribution in [0.4, 0.5) is 0 Å². The highest BCUT2D eigenvalue weighted by Gasteiger charge is 2.24. The van der Waals surface area contributed by atoms with E-state index >= 15 is 0 Å². The van der Waals surface area contributed by atoms with Crippen molar-refractivity contribution in [3.8, 4) is 0 Å². The molecule has 0 aromatic heterocycles. The van der Waals surface area contributed by atoms with E-state index in [0.717, 1.165) is 5.56 Å².